The van der Waals surface area contributed by atoms with Gasteiger partial charge in [0.25, 0.3) is 0 Å². The van der Waals surface area contributed by atoms with E-state index in [1.165, 1.54) is 11.1 Å². The Kier molecular flexibility index (Phi) is 4.22. The van der Waals surface area contributed by atoms with Crippen LogP contribution in [-0.2, 0) is 6.54 Å². The molecule has 2 aromatic carbocycles. The molecule has 0 bridgehead atoms. The highest BCUT2D eigenvalue weighted by Gasteiger charge is 2.14. The summed E-state index contributed by atoms with van der Waals surface area (Å²) in [5.41, 5.74) is 4.35. The van der Waals surface area contributed by atoms with Crippen molar-refractivity contribution in [1.29, 1.82) is 5.26 Å². The molecule has 1 N–H and O–H groups in total. The molecule has 1 aliphatic rings. The van der Waals surface area contributed by atoms with E-state index in [1.807, 2.05) is 36.4 Å². The summed E-state index contributed by atoms with van der Waals surface area (Å²) in [6, 6.07) is 17.4. The van der Waals surface area contributed by atoms with E-state index >= 15 is 0 Å². The van der Waals surface area contributed by atoms with Crippen LogP contribution in [0, 0.1) is 11.3 Å². The highest BCUT2D eigenvalue weighted by Crippen LogP contribution is 2.25. The summed E-state index contributed by atoms with van der Waals surface area (Å²) < 4.78 is 0. The first-order valence-electron chi connectivity index (χ1n) is 7.45. The van der Waals surface area contributed by atoms with Crippen LogP contribution in [0.5, 0.6) is 5.75 Å². The van der Waals surface area contributed by atoms with Crippen LogP contribution in [0.1, 0.15) is 23.1 Å². The summed E-state index contributed by atoms with van der Waals surface area (Å²) in [5.74, 6) is 0.301. The molecule has 110 valence electrons. The van der Waals surface area contributed by atoms with Gasteiger partial charge in [0.15, 0.2) is 0 Å². The maximum atomic E-state index is 9.36. The number of hydrogen-bond donors (Lipinski definition) is 1. The molecule has 0 radical (unpaired) electrons. The molecule has 0 amide bonds. The van der Waals surface area contributed by atoms with Crippen LogP contribution in [0.15, 0.2) is 54.6 Å². The molecule has 3 rings (SSSR count). The number of nitrogens with zero attached hydrogens (tertiary/aromatic N) is 2. The summed E-state index contributed by atoms with van der Waals surface area (Å²) >= 11 is 0. The Hall–Kier alpha value is -2.57. The van der Waals surface area contributed by atoms with Crippen molar-refractivity contribution in [3.8, 4) is 11.8 Å². The molecule has 22 heavy (non-hydrogen) atoms. The van der Waals surface area contributed by atoms with Gasteiger partial charge >= 0.3 is 0 Å². The molecule has 0 saturated carbocycles. The van der Waals surface area contributed by atoms with Crippen LogP contribution >= 0.6 is 0 Å². The minimum absolute atomic E-state index is 0.301. The minimum atomic E-state index is 0.301. The van der Waals surface area contributed by atoms with Crippen molar-refractivity contribution < 1.29 is 5.11 Å². The van der Waals surface area contributed by atoms with E-state index in [0.717, 1.165) is 37.2 Å². The minimum Gasteiger partial charge on any atom is -0.508 e. The SMILES string of the molecule is N#Cc1ccccc1CN1CC=C(c2ccc(O)cc2)CC1. The van der Waals surface area contributed by atoms with Crippen molar-refractivity contribution in [2.75, 3.05) is 13.1 Å². The number of nitriles is 1. The Morgan fingerprint density at radius 3 is 2.55 bits per heavy atom. The highest BCUT2D eigenvalue weighted by molar-refractivity contribution is 5.67. The fourth-order valence-electron chi connectivity index (χ4n) is 2.80. The van der Waals surface area contributed by atoms with Crippen LogP contribution in [-0.4, -0.2) is 23.1 Å². The van der Waals surface area contributed by atoms with E-state index in [-0.39, 0.29) is 0 Å². The monoisotopic (exact) mass is 290 g/mol. The van der Waals surface area contributed by atoms with Crippen LogP contribution in [0.2, 0.25) is 0 Å². The molecule has 1 heterocycles. The Labute approximate surface area is 130 Å². The molecule has 0 saturated heterocycles. The predicted molar refractivity (Wildman–Crippen MR) is 87.1 cm³/mol. The van der Waals surface area contributed by atoms with Gasteiger partial charge in [-0.3, -0.25) is 4.90 Å². The third-order valence-electron chi connectivity index (χ3n) is 4.06. The van der Waals surface area contributed by atoms with E-state index in [2.05, 4.69) is 17.0 Å². The standard InChI is InChI=1S/C19H18N2O/c20-13-17-3-1-2-4-18(17)14-21-11-9-16(10-12-21)15-5-7-19(22)8-6-15/h1-9,22H,10-12,14H2. The van der Waals surface area contributed by atoms with Crippen molar-refractivity contribution in [2.45, 2.75) is 13.0 Å². The largest absolute Gasteiger partial charge is 0.508 e. The van der Waals surface area contributed by atoms with E-state index < -0.39 is 0 Å². The van der Waals surface area contributed by atoms with Gasteiger partial charge in [-0.05, 0) is 41.3 Å². The molecular weight excluding hydrogens is 272 g/mol. The predicted octanol–water partition coefficient (Wildman–Crippen LogP) is 3.55. The summed E-state index contributed by atoms with van der Waals surface area (Å²) in [5, 5.41) is 18.5. The number of rotatable bonds is 3. The first-order chi connectivity index (χ1) is 10.8. The molecule has 0 fully saturated rings. The van der Waals surface area contributed by atoms with Crippen LogP contribution in [0.4, 0.5) is 0 Å². The summed E-state index contributed by atoms with van der Waals surface area (Å²) in [7, 11) is 0. The van der Waals surface area contributed by atoms with Gasteiger partial charge in [-0.2, -0.15) is 5.26 Å². The number of phenolic OH excluding ortho intramolecular Hbond substituents is 1. The van der Waals surface area contributed by atoms with Gasteiger partial charge in [-0.15, -0.1) is 0 Å². The normalized spacial score (nSPS) is 15.1. The molecular formula is C19H18N2O. The quantitative estimate of drug-likeness (QED) is 0.940. The molecule has 3 heteroatoms. The van der Waals surface area contributed by atoms with Gasteiger partial charge in [0, 0.05) is 19.6 Å². The van der Waals surface area contributed by atoms with Gasteiger partial charge in [-0.1, -0.05) is 36.4 Å². The third-order valence-corrected chi connectivity index (χ3v) is 4.06. The topological polar surface area (TPSA) is 47.3 Å². The molecule has 3 nitrogen and oxygen atoms in total. The fraction of sp³-hybridized carbons (Fsp3) is 0.211. The lowest BCUT2D eigenvalue weighted by molar-refractivity contribution is 0.293. The fourth-order valence-corrected chi connectivity index (χ4v) is 2.80. The zero-order valence-electron chi connectivity index (χ0n) is 12.4. The molecule has 0 aliphatic carbocycles. The Morgan fingerprint density at radius 1 is 1.09 bits per heavy atom. The maximum absolute atomic E-state index is 9.36. The molecule has 0 atom stereocenters. The van der Waals surface area contributed by atoms with E-state index in [4.69, 9.17) is 5.26 Å². The van der Waals surface area contributed by atoms with Gasteiger partial charge in [0.1, 0.15) is 5.75 Å². The second kappa shape index (κ2) is 6.46. The number of aromatic hydroxyl groups is 1. The van der Waals surface area contributed by atoms with Crippen LogP contribution in [0.3, 0.4) is 0 Å². The van der Waals surface area contributed by atoms with Gasteiger partial charge < -0.3 is 5.11 Å². The second-order valence-electron chi connectivity index (χ2n) is 5.53. The lowest BCUT2D eigenvalue weighted by Crippen LogP contribution is -2.28. The molecule has 0 unspecified atom stereocenters. The summed E-state index contributed by atoms with van der Waals surface area (Å²) in [6.45, 7) is 2.67. The molecule has 0 aromatic heterocycles. The highest BCUT2D eigenvalue weighted by atomic mass is 16.3. The number of hydrogen-bond acceptors (Lipinski definition) is 3. The van der Waals surface area contributed by atoms with E-state index in [9.17, 15) is 5.11 Å². The smallest absolute Gasteiger partial charge is 0.115 e. The van der Waals surface area contributed by atoms with Gasteiger partial charge in [0.2, 0.25) is 0 Å². The van der Waals surface area contributed by atoms with Crippen molar-refractivity contribution in [3.05, 3.63) is 71.3 Å². The van der Waals surface area contributed by atoms with Crippen molar-refractivity contribution >= 4 is 5.57 Å². The Balaban J connectivity index is 1.68. The lowest BCUT2D eigenvalue weighted by Gasteiger charge is -2.26. The third kappa shape index (κ3) is 3.19. The van der Waals surface area contributed by atoms with Gasteiger partial charge in [0.05, 0.1) is 11.6 Å². The first kappa shape index (κ1) is 14.4. The van der Waals surface area contributed by atoms with Crippen LogP contribution in [0.25, 0.3) is 5.57 Å². The Morgan fingerprint density at radius 2 is 1.86 bits per heavy atom. The summed E-state index contributed by atoms with van der Waals surface area (Å²) in [4.78, 5) is 2.35. The van der Waals surface area contributed by atoms with E-state index in [1.54, 1.807) is 12.1 Å². The Bertz CT molecular complexity index is 726. The summed E-state index contributed by atoms with van der Waals surface area (Å²) in [6.07, 6.45) is 3.23. The zero-order chi connectivity index (χ0) is 15.4. The first-order valence-corrected chi connectivity index (χ1v) is 7.45. The maximum Gasteiger partial charge on any atom is 0.115 e. The number of benzene rings is 2. The molecule has 1 aliphatic heterocycles. The van der Waals surface area contributed by atoms with Gasteiger partial charge in [-0.25, -0.2) is 0 Å². The second-order valence-corrected chi connectivity index (χ2v) is 5.53. The lowest BCUT2D eigenvalue weighted by atomic mass is 9.99. The average molecular weight is 290 g/mol. The van der Waals surface area contributed by atoms with Crippen LogP contribution < -0.4 is 0 Å². The number of phenols is 1. The van der Waals surface area contributed by atoms with E-state index in [0.29, 0.717) is 5.75 Å². The van der Waals surface area contributed by atoms with Crippen molar-refractivity contribution in [1.82, 2.24) is 4.90 Å². The molecule has 0 spiro atoms. The zero-order valence-corrected chi connectivity index (χ0v) is 12.4. The average Bonchev–Trinajstić information content (AvgIpc) is 2.57. The van der Waals surface area contributed by atoms with Crippen molar-refractivity contribution in [3.63, 3.8) is 0 Å². The molecule has 2 aromatic rings. The van der Waals surface area contributed by atoms with Crippen molar-refractivity contribution in [2.24, 2.45) is 0 Å².